The van der Waals surface area contributed by atoms with Crippen molar-refractivity contribution in [2.24, 2.45) is 4.99 Å². The zero-order valence-corrected chi connectivity index (χ0v) is 19.6. The zero-order valence-electron chi connectivity index (χ0n) is 18.0. The molecular weight excluding hydrogens is 499 g/mol. The van der Waals surface area contributed by atoms with Crippen LogP contribution in [-0.4, -0.2) is 57.2 Å². The molecule has 4 rings (SSSR count). The highest BCUT2D eigenvalue weighted by molar-refractivity contribution is 7.18. The van der Waals surface area contributed by atoms with Crippen LogP contribution in [0.15, 0.2) is 64.5 Å². The Morgan fingerprint density at radius 3 is 2.66 bits per heavy atom. The van der Waals surface area contributed by atoms with Gasteiger partial charge in [-0.2, -0.15) is 0 Å². The van der Waals surface area contributed by atoms with Crippen LogP contribution in [0.5, 0.6) is 0 Å². The molecule has 2 N–H and O–H groups in total. The number of benzene rings is 1. The van der Waals surface area contributed by atoms with Gasteiger partial charge in [-0.15, -0.1) is 11.3 Å². The minimum atomic E-state index is -1.17. The maximum atomic E-state index is 14.6. The van der Waals surface area contributed by atoms with Gasteiger partial charge in [0.1, 0.15) is 11.9 Å². The molecule has 35 heavy (non-hydrogen) atoms. The maximum absolute atomic E-state index is 14.6. The first-order valence-corrected chi connectivity index (χ1v) is 11.5. The van der Waals surface area contributed by atoms with Gasteiger partial charge in [0, 0.05) is 37.0 Å². The van der Waals surface area contributed by atoms with Gasteiger partial charge < -0.3 is 10.4 Å². The first-order chi connectivity index (χ1) is 16.7. The molecule has 0 aliphatic carbocycles. The van der Waals surface area contributed by atoms with Gasteiger partial charge in [0.15, 0.2) is 0 Å². The molecule has 2 amide bonds. The molecule has 1 atom stereocenters. The number of carboxylic acid groups (broad SMARTS) is 1. The van der Waals surface area contributed by atoms with Gasteiger partial charge >= 0.3 is 5.97 Å². The Labute approximate surface area is 207 Å². The van der Waals surface area contributed by atoms with Crippen LogP contribution in [0.2, 0.25) is 4.34 Å². The summed E-state index contributed by atoms with van der Waals surface area (Å²) in [6.07, 6.45) is 1.47. The topological polar surface area (TPSA) is 121 Å². The minimum Gasteiger partial charge on any atom is -0.480 e. The number of amides is 2. The summed E-state index contributed by atoms with van der Waals surface area (Å²) in [5.41, 5.74) is 0.153. The first kappa shape index (κ1) is 24.5. The number of hydrogen-bond donors (Lipinski definition) is 2. The first-order valence-electron chi connectivity index (χ1n) is 10.3. The third kappa shape index (κ3) is 5.70. The number of halogens is 2. The molecule has 9 nitrogen and oxygen atoms in total. The van der Waals surface area contributed by atoms with E-state index in [1.807, 2.05) is 0 Å². The number of nitrogens with zero attached hydrogens (tertiary/aromatic N) is 3. The normalized spacial score (nSPS) is 17.0. The molecular formula is C23H18ClFN4O5S. The lowest BCUT2D eigenvalue weighted by Crippen LogP contribution is -2.41. The second-order valence-corrected chi connectivity index (χ2v) is 9.39. The summed E-state index contributed by atoms with van der Waals surface area (Å²) in [7, 11) is 0. The van der Waals surface area contributed by atoms with Crippen LogP contribution in [0.3, 0.4) is 0 Å². The molecule has 1 fully saturated rings. The maximum Gasteiger partial charge on any atom is 0.321 e. The van der Waals surface area contributed by atoms with Crippen LogP contribution < -0.4 is 10.9 Å². The smallest absolute Gasteiger partial charge is 0.321 e. The molecule has 0 radical (unpaired) electrons. The van der Waals surface area contributed by atoms with Crippen LogP contribution in [-0.2, 0) is 9.59 Å². The van der Waals surface area contributed by atoms with E-state index in [1.165, 1.54) is 39.9 Å². The van der Waals surface area contributed by atoms with E-state index in [0.717, 1.165) is 17.4 Å². The number of rotatable bonds is 6. The molecule has 0 saturated carbocycles. The largest absolute Gasteiger partial charge is 0.480 e. The van der Waals surface area contributed by atoms with Gasteiger partial charge in [-0.3, -0.25) is 28.6 Å². The van der Waals surface area contributed by atoms with Crippen LogP contribution in [0.25, 0.3) is 5.69 Å². The Morgan fingerprint density at radius 1 is 1.20 bits per heavy atom. The summed E-state index contributed by atoms with van der Waals surface area (Å²) < 4.78 is 16.3. The summed E-state index contributed by atoms with van der Waals surface area (Å²) in [5.74, 6) is -3.10. The molecule has 1 unspecified atom stereocenters. The molecule has 1 aliphatic rings. The van der Waals surface area contributed by atoms with E-state index in [9.17, 15) is 28.7 Å². The molecule has 12 heteroatoms. The Morgan fingerprint density at radius 2 is 2.00 bits per heavy atom. The van der Waals surface area contributed by atoms with Crippen LogP contribution in [0.1, 0.15) is 16.1 Å². The van der Waals surface area contributed by atoms with Crippen LogP contribution in [0, 0.1) is 5.82 Å². The van der Waals surface area contributed by atoms with Crippen LogP contribution >= 0.6 is 22.9 Å². The average Bonchev–Trinajstić information content (AvgIpc) is 3.41. The minimum absolute atomic E-state index is 0.00637. The number of aliphatic carboxylic acids is 1. The molecule has 180 valence electrons. The molecule has 1 aliphatic heterocycles. The number of carbonyl (C=O) groups is 3. The van der Waals surface area contributed by atoms with E-state index in [2.05, 4.69) is 10.3 Å². The van der Waals surface area contributed by atoms with Crippen molar-refractivity contribution in [1.82, 2.24) is 9.47 Å². The molecule has 1 saturated heterocycles. The summed E-state index contributed by atoms with van der Waals surface area (Å²) in [6, 6.07) is 10.5. The van der Waals surface area contributed by atoms with Crippen molar-refractivity contribution in [3.05, 3.63) is 80.1 Å². The van der Waals surface area contributed by atoms with Gasteiger partial charge in [-0.25, -0.2) is 9.38 Å². The number of carbonyl (C=O) groups excluding carboxylic acids is 2. The third-order valence-electron chi connectivity index (χ3n) is 5.26. The van der Waals surface area contributed by atoms with Crippen molar-refractivity contribution >= 4 is 52.1 Å². The quantitative estimate of drug-likeness (QED) is 0.519. The second-order valence-electron chi connectivity index (χ2n) is 7.67. The fraction of sp³-hybridized carbons (Fsp3) is 0.174. The highest BCUT2D eigenvalue weighted by Gasteiger charge is 2.36. The van der Waals surface area contributed by atoms with E-state index in [0.29, 0.717) is 14.9 Å². The monoisotopic (exact) mass is 516 g/mol. The van der Waals surface area contributed by atoms with Crippen molar-refractivity contribution in [2.45, 2.75) is 12.5 Å². The number of pyridine rings is 1. The number of hydrogen-bond acceptors (Lipinski definition) is 6. The predicted octanol–water partition coefficient (Wildman–Crippen LogP) is 3.07. The van der Waals surface area contributed by atoms with Gasteiger partial charge in [-0.05, 0) is 30.3 Å². The Balaban J connectivity index is 1.44. The lowest BCUT2D eigenvalue weighted by atomic mass is 10.2. The van der Waals surface area contributed by atoms with Crippen molar-refractivity contribution in [3.63, 3.8) is 0 Å². The summed E-state index contributed by atoms with van der Waals surface area (Å²) in [4.78, 5) is 54.2. The fourth-order valence-electron chi connectivity index (χ4n) is 3.65. The number of carboxylic acids is 1. The van der Waals surface area contributed by atoms with Gasteiger partial charge in [-0.1, -0.05) is 17.7 Å². The SMILES string of the molecule is O=C(CN1CC(=NC(=O)c2ccc(Cl)s2)CC1C(=O)O)Nc1ccc(-n2ccccc2=O)cc1F. The third-order valence-corrected chi connectivity index (χ3v) is 6.48. The molecule has 3 heterocycles. The van der Waals surface area contributed by atoms with Crippen molar-refractivity contribution in [1.29, 1.82) is 0 Å². The summed E-state index contributed by atoms with van der Waals surface area (Å²) in [6.45, 7) is -0.359. The predicted molar refractivity (Wildman–Crippen MR) is 129 cm³/mol. The second kappa shape index (κ2) is 10.3. The van der Waals surface area contributed by atoms with Gasteiger partial charge in [0.05, 0.1) is 27.1 Å². The number of aliphatic imine (C=N–C) groups is 1. The molecule has 2 aromatic heterocycles. The molecule has 3 aromatic rings. The highest BCUT2D eigenvalue weighted by atomic mass is 35.5. The van der Waals surface area contributed by atoms with E-state index >= 15 is 0 Å². The lowest BCUT2D eigenvalue weighted by Gasteiger charge is -2.19. The van der Waals surface area contributed by atoms with Crippen molar-refractivity contribution in [2.75, 3.05) is 18.4 Å². The molecule has 0 spiro atoms. The van der Waals surface area contributed by atoms with Gasteiger partial charge in [0.25, 0.3) is 11.5 Å². The average molecular weight is 517 g/mol. The van der Waals surface area contributed by atoms with E-state index in [-0.39, 0.29) is 36.4 Å². The molecule has 1 aromatic carbocycles. The van der Waals surface area contributed by atoms with E-state index in [1.54, 1.807) is 18.2 Å². The number of thiophene rings is 1. The Hall–Kier alpha value is -3.67. The van der Waals surface area contributed by atoms with E-state index in [4.69, 9.17) is 11.6 Å². The highest BCUT2D eigenvalue weighted by Crippen LogP contribution is 2.23. The zero-order chi connectivity index (χ0) is 25.1. The Bertz CT molecular complexity index is 1400. The van der Waals surface area contributed by atoms with Gasteiger partial charge in [0.2, 0.25) is 5.91 Å². The van der Waals surface area contributed by atoms with E-state index < -0.39 is 29.6 Å². The van der Waals surface area contributed by atoms with Crippen molar-refractivity contribution in [3.8, 4) is 5.69 Å². The number of aromatic nitrogens is 1. The lowest BCUT2D eigenvalue weighted by molar-refractivity contribution is -0.142. The number of anilines is 1. The Kier molecular flexibility index (Phi) is 7.20. The van der Waals surface area contributed by atoms with Crippen LogP contribution in [0.4, 0.5) is 10.1 Å². The number of nitrogens with one attached hydrogen (secondary N) is 1. The molecule has 0 bridgehead atoms. The standard InChI is InChI=1S/C23H18ClFN4O5S/c24-19-7-6-18(35-19)22(32)26-13-9-17(23(33)34)28(11-13)12-20(30)27-16-5-4-14(10-15(16)25)29-8-2-1-3-21(29)31/h1-8,10,17H,9,11-12H2,(H,27,30)(H,33,34). The fourth-order valence-corrected chi connectivity index (χ4v) is 4.58. The van der Waals surface area contributed by atoms with Crippen molar-refractivity contribution < 1.29 is 23.9 Å². The number of likely N-dealkylation sites (tertiary alicyclic amines) is 1. The summed E-state index contributed by atoms with van der Waals surface area (Å²) >= 11 is 6.90. The summed E-state index contributed by atoms with van der Waals surface area (Å²) in [5, 5.41) is 12.0.